The molecule has 5 heteroatoms. The van der Waals surface area contributed by atoms with Gasteiger partial charge in [0.1, 0.15) is 0 Å². The zero-order valence-electron chi connectivity index (χ0n) is 9.20. The lowest BCUT2D eigenvalue weighted by molar-refractivity contribution is -0.136. The van der Waals surface area contributed by atoms with Crippen molar-refractivity contribution in [3.63, 3.8) is 0 Å². The van der Waals surface area contributed by atoms with E-state index in [2.05, 4.69) is 32.7 Å². The van der Waals surface area contributed by atoms with E-state index in [1.165, 1.54) is 4.88 Å². The van der Waals surface area contributed by atoms with Crippen LogP contribution in [0.2, 0.25) is 0 Å². The molecule has 1 aromatic rings. The average molecular weight is 303 g/mol. The van der Waals surface area contributed by atoms with Crippen LogP contribution in [0.5, 0.6) is 0 Å². The van der Waals surface area contributed by atoms with Crippen molar-refractivity contribution in [3.8, 4) is 0 Å². The van der Waals surface area contributed by atoms with Crippen LogP contribution in [-0.4, -0.2) is 29.9 Å². The molecule has 1 atom stereocenters. The van der Waals surface area contributed by atoms with E-state index in [9.17, 15) is 4.79 Å². The first-order valence-electron chi connectivity index (χ1n) is 5.45. The minimum atomic E-state index is 0.0113. The van der Waals surface area contributed by atoms with Crippen LogP contribution in [0.3, 0.4) is 0 Å². The number of amides is 1. The van der Waals surface area contributed by atoms with Gasteiger partial charge < -0.3 is 10.2 Å². The largest absolute Gasteiger partial charge is 0.335 e. The van der Waals surface area contributed by atoms with Gasteiger partial charge in [-0.15, -0.1) is 11.3 Å². The van der Waals surface area contributed by atoms with Gasteiger partial charge in [0.05, 0.1) is 12.6 Å². The highest BCUT2D eigenvalue weighted by Gasteiger charge is 2.26. The Morgan fingerprint density at radius 1 is 1.69 bits per heavy atom. The van der Waals surface area contributed by atoms with E-state index in [-0.39, 0.29) is 11.9 Å². The van der Waals surface area contributed by atoms with Gasteiger partial charge in [-0.1, -0.05) is 6.92 Å². The van der Waals surface area contributed by atoms with Gasteiger partial charge in [0.2, 0.25) is 5.91 Å². The van der Waals surface area contributed by atoms with Crippen molar-refractivity contribution in [2.75, 3.05) is 13.1 Å². The molecule has 0 aliphatic carbocycles. The maximum absolute atomic E-state index is 12.0. The summed E-state index contributed by atoms with van der Waals surface area (Å²) in [5.74, 6) is 0.235. The molecule has 1 aliphatic rings. The quantitative estimate of drug-likeness (QED) is 0.928. The number of piperazine rings is 1. The molecule has 1 unspecified atom stereocenters. The Kier molecular flexibility index (Phi) is 4.00. The summed E-state index contributed by atoms with van der Waals surface area (Å²) in [6.45, 7) is 4.50. The summed E-state index contributed by atoms with van der Waals surface area (Å²) in [6.07, 6.45) is 0.865. The lowest BCUT2D eigenvalue weighted by Gasteiger charge is -2.32. The summed E-state index contributed by atoms with van der Waals surface area (Å²) in [6, 6.07) is 2.10. The molecular formula is C11H15BrN2OS. The van der Waals surface area contributed by atoms with Gasteiger partial charge in [0, 0.05) is 27.8 Å². The molecule has 1 amide bonds. The fraction of sp³-hybridized carbons (Fsp3) is 0.545. The predicted molar refractivity (Wildman–Crippen MR) is 69.5 cm³/mol. The SMILES string of the molecule is CCC1NCCN(Cc2cc(Br)cs2)C1=O. The molecular weight excluding hydrogens is 288 g/mol. The molecule has 1 aromatic heterocycles. The second kappa shape index (κ2) is 5.29. The zero-order valence-corrected chi connectivity index (χ0v) is 11.6. The van der Waals surface area contributed by atoms with Gasteiger partial charge in [0.25, 0.3) is 0 Å². The number of halogens is 1. The van der Waals surface area contributed by atoms with E-state index in [0.29, 0.717) is 0 Å². The molecule has 0 bridgehead atoms. The van der Waals surface area contributed by atoms with Crippen molar-refractivity contribution < 1.29 is 4.79 Å². The molecule has 0 radical (unpaired) electrons. The van der Waals surface area contributed by atoms with E-state index < -0.39 is 0 Å². The van der Waals surface area contributed by atoms with Crippen LogP contribution < -0.4 is 5.32 Å². The van der Waals surface area contributed by atoms with Crippen molar-refractivity contribution in [1.82, 2.24) is 10.2 Å². The normalized spacial score (nSPS) is 21.5. The van der Waals surface area contributed by atoms with Crippen molar-refractivity contribution >= 4 is 33.2 Å². The van der Waals surface area contributed by atoms with Crippen molar-refractivity contribution in [2.24, 2.45) is 0 Å². The smallest absolute Gasteiger partial charge is 0.240 e. The van der Waals surface area contributed by atoms with Crippen molar-refractivity contribution in [1.29, 1.82) is 0 Å². The molecule has 88 valence electrons. The first-order chi connectivity index (χ1) is 7.70. The van der Waals surface area contributed by atoms with E-state index >= 15 is 0 Å². The van der Waals surface area contributed by atoms with Crippen LogP contribution >= 0.6 is 27.3 Å². The van der Waals surface area contributed by atoms with Gasteiger partial charge in [-0.2, -0.15) is 0 Å². The summed E-state index contributed by atoms with van der Waals surface area (Å²) in [7, 11) is 0. The second-order valence-electron chi connectivity index (χ2n) is 3.91. The monoisotopic (exact) mass is 302 g/mol. The van der Waals surface area contributed by atoms with Crippen LogP contribution in [0, 0.1) is 0 Å². The Labute approximate surface area is 108 Å². The summed E-state index contributed by atoms with van der Waals surface area (Å²) < 4.78 is 1.10. The van der Waals surface area contributed by atoms with E-state index in [4.69, 9.17) is 0 Å². The number of thiophene rings is 1. The Hall–Kier alpha value is -0.390. The molecule has 1 fully saturated rings. The molecule has 2 heterocycles. The third-order valence-electron chi connectivity index (χ3n) is 2.76. The topological polar surface area (TPSA) is 32.3 Å². The second-order valence-corrected chi connectivity index (χ2v) is 5.82. The fourth-order valence-electron chi connectivity index (χ4n) is 1.89. The molecule has 3 nitrogen and oxygen atoms in total. The van der Waals surface area contributed by atoms with E-state index in [0.717, 1.165) is 30.5 Å². The van der Waals surface area contributed by atoms with Crippen LogP contribution in [0.4, 0.5) is 0 Å². The standard InChI is InChI=1S/C11H15BrN2OS/c1-2-10-11(15)14(4-3-13-10)6-9-5-8(12)7-16-9/h5,7,10,13H,2-4,6H2,1H3. The fourth-order valence-corrected chi connectivity index (χ4v) is 3.36. The Morgan fingerprint density at radius 2 is 2.50 bits per heavy atom. The van der Waals surface area contributed by atoms with Crippen LogP contribution in [0.25, 0.3) is 0 Å². The minimum Gasteiger partial charge on any atom is -0.335 e. The van der Waals surface area contributed by atoms with Crippen molar-refractivity contribution in [2.45, 2.75) is 25.9 Å². The molecule has 16 heavy (non-hydrogen) atoms. The molecule has 1 aliphatic heterocycles. The van der Waals surface area contributed by atoms with E-state index in [1.54, 1.807) is 11.3 Å². The van der Waals surface area contributed by atoms with Gasteiger partial charge in [-0.05, 0) is 28.4 Å². The molecule has 1 saturated heterocycles. The first kappa shape index (κ1) is 12.1. The summed E-state index contributed by atoms with van der Waals surface area (Å²) >= 11 is 5.13. The van der Waals surface area contributed by atoms with Crippen LogP contribution in [0.1, 0.15) is 18.2 Å². The Bertz CT molecular complexity index is 380. The third-order valence-corrected chi connectivity index (χ3v) is 4.44. The highest BCUT2D eigenvalue weighted by atomic mass is 79.9. The molecule has 0 aromatic carbocycles. The average Bonchev–Trinajstić information content (AvgIpc) is 2.67. The number of hydrogen-bond donors (Lipinski definition) is 1. The molecule has 2 rings (SSSR count). The predicted octanol–water partition coefficient (Wildman–Crippen LogP) is 2.22. The number of rotatable bonds is 3. The maximum atomic E-state index is 12.0. The lowest BCUT2D eigenvalue weighted by atomic mass is 10.1. The zero-order chi connectivity index (χ0) is 11.5. The van der Waals surface area contributed by atoms with Crippen LogP contribution in [0.15, 0.2) is 15.9 Å². The Morgan fingerprint density at radius 3 is 3.12 bits per heavy atom. The van der Waals surface area contributed by atoms with E-state index in [1.807, 2.05) is 11.8 Å². The highest BCUT2D eigenvalue weighted by molar-refractivity contribution is 9.10. The first-order valence-corrected chi connectivity index (χ1v) is 7.13. The van der Waals surface area contributed by atoms with Gasteiger partial charge in [0.15, 0.2) is 0 Å². The minimum absolute atomic E-state index is 0.0113. The number of nitrogens with one attached hydrogen (secondary N) is 1. The van der Waals surface area contributed by atoms with Gasteiger partial charge in [-0.3, -0.25) is 4.79 Å². The molecule has 0 spiro atoms. The lowest BCUT2D eigenvalue weighted by Crippen LogP contribution is -2.54. The van der Waals surface area contributed by atoms with Crippen LogP contribution in [-0.2, 0) is 11.3 Å². The third kappa shape index (κ3) is 2.64. The molecule has 1 N–H and O–H groups in total. The number of nitrogens with zero attached hydrogens (tertiary/aromatic N) is 1. The summed E-state index contributed by atoms with van der Waals surface area (Å²) in [5.41, 5.74) is 0. The maximum Gasteiger partial charge on any atom is 0.240 e. The number of carbonyl (C=O) groups excluding carboxylic acids is 1. The summed E-state index contributed by atoms with van der Waals surface area (Å²) in [4.78, 5) is 15.2. The summed E-state index contributed by atoms with van der Waals surface area (Å²) in [5, 5.41) is 5.30. The van der Waals surface area contributed by atoms with Crippen molar-refractivity contribution in [3.05, 3.63) is 20.8 Å². The molecule has 0 saturated carbocycles. The Balaban J connectivity index is 2.01. The van der Waals surface area contributed by atoms with Gasteiger partial charge in [-0.25, -0.2) is 0 Å². The number of carbonyl (C=O) groups is 1. The highest BCUT2D eigenvalue weighted by Crippen LogP contribution is 2.22. The number of hydrogen-bond acceptors (Lipinski definition) is 3. The van der Waals surface area contributed by atoms with Gasteiger partial charge >= 0.3 is 0 Å².